The van der Waals surface area contributed by atoms with Crippen molar-refractivity contribution < 1.29 is 9.18 Å². The summed E-state index contributed by atoms with van der Waals surface area (Å²) in [4.78, 5) is 23.3. The van der Waals surface area contributed by atoms with Gasteiger partial charge in [0.05, 0.1) is 17.2 Å². The van der Waals surface area contributed by atoms with E-state index in [-0.39, 0.29) is 23.6 Å². The fourth-order valence-electron chi connectivity index (χ4n) is 2.41. The number of amides is 1. The zero-order chi connectivity index (χ0) is 17.8. The zero-order valence-corrected chi connectivity index (χ0v) is 13.7. The average Bonchev–Trinajstić information content (AvgIpc) is 3.02. The third kappa shape index (κ3) is 4.00. The molecular weight excluding hydrogens is 321 g/mol. The minimum atomic E-state index is -0.444. The van der Waals surface area contributed by atoms with Gasteiger partial charge in [0.2, 0.25) is 0 Å². The van der Waals surface area contributed by atoms with Crippen LogP contribution in [0.25, 0.3) is 17.1 Å². The number of hydrogen-bond donors (Lipinski definition) is 3. The summed E-state index contributed by atoms with van der Waals surface area (Å²) in [5.41, 5.74) is 7.76. The van der Waals surface area contributed by atoms with E-state index in [0.29, 0.717) is 12.0 Å². The molecule has 128 valence electrons. The standard InChI is InChI=1S/C18H18FN5O/c1-11(5-4-6-12-9-13(19)10-21-16(12)20)22-18(25)17-23-14-7-2-3-8-15(14)24-17/h2-4,6-11H,5H2,1H3,(H2,20,21)(H,22,25)(H,23,24)/b6-4+/t11-/m0/s1. The Morgan fingerprint density at radius 3 is 3.04 bits per heavy atom. The lowest BCUT2D eigenvalue weighted by atomic mass is 10.1. The Balaban J connectivity index is 1.60. The van der Waals surface area contributed by atoms with E-state index in [1.807, 2.05) is 37.3 Å². The summed E-state index contributed by atoms with van der Waals surface area (Å²) in [7, 11) is 0. The number of imidazole rings is 1. The number of nitrogens with zero attached hydrogens (tertiary/aromatic N) is 2. The third-order valence-electron chi connectivity index (χ3n) is 3.69. The summed E-state index contributed by atoms with van der Waals surface area (Å²) in [6.07, 6.45) is 5.14. The van der Waals surface area contributed by atoms with Gasteiger partial charge in [-0.15, -0.1) is 0 Å². The third-order valence-corrected chi connectivity index (χ3v) is 3.69. The van der Waals surface area contributed by atoms with Crippen LogP contribution in [0, 0.1) is 5.82 Å². The van der Waals surface area contributed by atoms with Crippen molar-refractivity contribution in [3.63, 3.8) is 0 Å². The molecule has 1 aromatic carbocycles. The maximum absolute atomic E-state index is 13.2. The van der Waals surface area contributed by atoms with Crippen molar-refractivity contribution in [3.05, 3.63) is 59.8 Å². The number of rotatable bonds is 5. The number of halogens is 1. The Hall–Kier alpha value is -3.22. The van der Waals surface area contributed by atoms with E-state index in [9.17, 15) is 9.18 Å². The van der Waals surface area contributed by atoms with Gasteiger partial charge in [0.25, 0.3) is 5.91 Å². The highest BCUT2D eigenvalue weighted by molar-refractivity contribution is 5.94. The van der Waals surface area contributed by atoms with Gasteiger partial charge in [0.1, 0.15) is 11.6 Å². The molecule has 0 unspecified atom stereocenters. The number of aromatic nitrogens is 3. The van der Waals surface area contributed by atoms with Gasteiger partial charge in [0.15, 0.2) is 5.82 Å². The quantitative estimate of drug-likeness (QED) is 0.666. The molecule has 0 radical (unpaired) electrons. The number of anilines is 1. The van der Waals surface area contributed by atoms with E-state index in [4.69, 9.17) is 5.73 Å². The SMILES string of the molecule is C[C@@H](C/C=C/c1cc(F)cnc1N)NC(=O)c1nc2ccccc2[nH]1. The fourth-order valence-corrected chi connectivity index (χ4v) is 2.41. The Labute approximate surface area is 144 Å². The maximum atomic E-state index is 13.2. The van der Waals surface area contributed by atoms with Crippen LogP contribution >= 0.6 is 0 Å². The summed E-state index contributed by atoms with van der Waals surface area (Å²) >= 11 is 0. The number of pyridine rings is 1. The highest BCUT2D eigenvalue weighted by atomic mass is 19.1. The van der Waals surface area contributed by atoms with Crippen LogP contribution < -0.4 is 11.1 Å². The van der Waals surface area contributed by atoms with Crippen molar-refractivity contribution >= 4 is 28.8 Å². The molecule has 4 N–H and O–H groups in total. The minimum Gasteiger partial charge on any atom is -0.383 e. The Morgan fingerprint density at radius 1 is 1.44 bits per heavy atom. The number of carbonyl (C=O) groups is 1. The first-order valence-electron chi connectivity index (χ1n) is 7.86. The number of fused-ring (bicyclic) bond motifs is 1. The summed E-state index contributed by atoms with van der Waals surface area (Å²) in [5, 5.41) is 2.86. The number of nitrogen functional groups attached to an aromatic ring is 1. The molecule has 0 saturated carbocycles. The minimum absolute atomic E-state index is 0.125. The van der Waals surface area contributed by atoms with E-state index in [0.717, 1.165) is 17.2 Å². The second-order valence-corrected chi connectivity index (χ2v) is 5.74. The van der Waals surface area contributed by atoms with Crippen molar-refractivity contribution in [2.75, 3.05) is 5.73 Å². The number of carbonyl (C=O) groups excluding carboxylic acids is 1. The van der Waals surface area contributed by atoms with Crippen molar-refractivity contribution in [3.8, 4) is 0 Å². The summed E-state index contributed by atoms with van der Waals surface area (Å²) in [6, 6.07) is 8.64. The predicted octanol–water partition coefficient (Wildman–Crippen LogP) is 2.90. The normalized spacial score (nSPS) is 12.6. The lowest BCUT2D eigenvalue weighted by molar-refractivity contribution is 0.0931. The molecule has 0 saturated heterocycles. The molecule has 0 aliphatic rings. The number of H-pyrrole nitrogens is 1. The first-order chi connectivity index (χ1) is 12.0. The van der Waals surface area contributed by atoms with Gasteiger partial charge >= 0.3 is 0 Å². The highest BCUT2D eigenvalue weighted by Crippen LogP contribution is 2.13. The number of nitrogens with one attached hydrogen (secondary N) is 2. The van der Waals surface area contributed by atoms with E-state index in [2.05, 4.69) is 20.3 Å². The average molecular weight is 339 g/mol. The Bertz CT molecular complexity index is 901. The Morgan fingerprint density at radius 2 is 2.24 bits per heavy atom. The van der Waals surface area contributed by atoms with E-state index < -0.39 is 5.82 Å². The van der Waals surface area contributed by atoms with Crippen molar-refractivity contribution in [2.24, 2.45) is 0 Å². The molecule has 3 rings (SSSR count). The first-order valence-corrected chi connectivity index (χ1v) is 7.86. The predicted molar refractivity (Wildman–Crippen MR) is 95.3 cm³/mol. The van der Waals surface area contributed by atoms with Crippen LogP contribution in [0.1, 0.15) is 29.5 Å². The van der Waals surface area contributed by atoms with Gasteiger partial charge in [-0.25, -0.2) is 14.4 Å². The largest absolute Gasteiger partial charge is 0.383 e. The van der Waals surface area contributed by atoms with Crippen LogP contribution in [0.4, 0.5) is 10.2 Å². The van der Waals surface area contributed by atoms with Crippen LogP contribution in [-0.4, -0.2) is 26.9 Å². The summed E-state index contributed by atoms with van der Waals surface area (Å²) in [5.74, 6) is -0.184. The molecule has 2 heterocycles. The number of para-hydroxylation sites is 2. The number of hydrogen-bond acceptors (Lipinski definition) is 4. The molecule has 1 amide bonds. The molecule has 0 bridgehead atoms. The van der Waals surface area contributed by atoms with Crippen molar-refractivity contribution in [2.45, 2.75) is 19.4 Å². The number of benzene rings is 1. The second kappa shape index (κ2) is 7.12. The molecule has 7 heteroatoms. The molecule has 0 aliphatic carbocycles. The van der Waals surface area contributed by atoms with Gasteiger partial charge in [-0.1, -0.05) is 24.3 Å². The number of aromatic amines is 1. The smallest absolute Gasteiger partial charge is 0.287 e. The zero-order valence-electron chi connectivity index (χ0n) is 13.7. The van der Waals surface area contributed by atoms with Gasteiger partial charge in [-0.05, 0) is 31.5 Å². The van der Waals surface area contributed by atoms with Gasteiger partial charge < -0.3 is 16.0 Å². The van der Waals surface area contributed by atoms with Crippen molar-refractivity contribution in [1.82, 2.24) is 20.3 Å². The lowest BCUT2D eigenvalue weighted by Crippen LogP contribution is -2.32. The molecule has 0 spiro atoms. The van der Waals surface area contributed by atoms with Gasteiger partial charge in [0, 0.05) is 11.6 Å². The fraction of sp³-hybridized carbons (Fsp3) is 0.167. The molecule has 0 fully saturated rings. The maximum Gasteiger partial charge on any atom is 0.287 e. The molecule has 6 nitrogen and oxygen atoms in total. The van der Waals surface area contributed by atoms with Gasteiger partial charge in [-0.2, -0.15) is 0 Å². The van der Waals surface area contributed by atoms with E-state index >= 15 is 0 Å². The van der Waals surface area contributed by atoms with Gasteiger partial charge in [-0.3, -0.25) is 4.79 Å². The molecule has 0 aliphatic heterocycles. The summed E-state index contributed by atoms with van der Waals surface area (Å²) in [6.45, 7) is 1.87. The number of nitrogens with two attached hydrogens (primary N) is 1. The van der Waals surface area contributed by atoms with Crippen LogP contribution in [0.3, 0.4) is 0 Å². The van der Waals surface area contributed by atoms with Crippen LogP contribution in [-0.2, 0) is 0 Å². The second-order valence-electron chi connectivity index (χ2n) is 5.74. The van der Waals surface area contributed by atoms with Crippen LogP contribution in [0.5, 0.6) is 0 Å². The molecule has 2 aromatic heterocycles. The molecule has 3 aromatic rings. The topological polar surface area (TPSA) is 96.7 Å². The molecule has 1 atom stereocenters. The molecular formula is C18H18FN5O. The van der Waals surface area contributed by atoms with Crippen LogP contribution in [0.15, 0.2) is 42.6 Å². The Kier molecular flexibility index (Phi) is 4.74. The van der Waals surface area contributed by atoms with E-state index in [1.54, 1.807) is 6.08 Å². The molecule has 25 heavy (non-hydrogen) atoms. The van der Waals surface area contributed by atoms with Crippen molar-refractivity contribution in [1.29, 1.82) is 0 Å². The van der Waals surface area contributed by atoms with E-state index in [1.165, 1.54) is 6.07 Å². The summed E-state index contributed by atoms with van der Waals surface area (Å²) < 4.78 is 13.2. The first kappa shape index (κ1) is 16.6. The lowest BCUT2D eigenvalue weighted by Gasteiger charge is -2.10. The highest BCUT2D eigenvalue weighted by Gasteiger charge is 2.13. The monoisotopic (exact) mass is 339 g/mol. The van der Waals surface area contributed by atoms with Crippen LogP contribution in [0.2, 0.25) is 0 Å².